The van der Waals surface area contributed by atoms with E-state index in [0.29, 0.717) is 6.42 Å². The Labute approximate surface area is 164 Å². The Hall–Kier alpha value is -1.88. The van der Waals surface area contributed by atoms with Crippen LogP contribution >= 0.6 is 11.8 Å². The molecule has 0 saturated heterocycles. The van der Waals surface area contributed by atoms with E-state index in [1.54, 1.807) is 17.8 Å². The average Bonchev–Trinajstić information content (AvgIpc) is 3.19. The number of allylic oxidation sites excluding steroid dienone is 2. The molecule has 0 unspecified atom stereocenters. The van der Waals surface area contributed by atoms with E-state index in [1.807, 2.05) is 18.2 Å². The normalized spacial score (nSPS) is 21.0. The van der Waals surface area contributed by atoms with Crippen LogP contribution in [0.2, 0.25) is 0 Å². The van der Waals surface area contributed by atoms with E-state index < -0.39 is 5.97 Å². The summed E-state index contributed by atoms with van der Waals surface area (Å²) >= 11 is 1.70. The minimum absolute atomic E-state index is 0.0157. The molecule has 0 aliphatic heterocycles. The highest BCUT2D eigenvalue weighted by atomic mass is 32.2. The summed E-state index contributed by atoms with van der Waals surface area (Å²) in [7, 11) is 0. The zero-order valence-corrected chi connectivity index (χ0v) is 16.3. The summed E-state index contributed by atoms with van der Waals surface area (Å²) in [4.78, 5) is 35.9. The molecule has 0 spiro atoms. The van der Waals surface area contributed by atoms with Crippen LogP contribution in [0.4, 0.5) is 0 Å². The maximum absolute atomic E-state index is 12.3. The molecule has 1 N–H and O–H groups in total. The van der Waals surface area contributed by atoms with Crippen molar-refractivity contribution in [1.29, 1.82) is 0 Å². The number of ketones is 2. The number of rotatable bonds is 10. The Bertz CT molecular complexity index is 753. The molecule has 4 nitrogen and oxygen atoms in total. The van der Waals surface area contributed by atoms with Crippen molar-refractivity contribution in [3.8, 4) is 0 Å². The second-order valence-corrected chi connectivity index (χ2v) is 8.46. The summed E-state index contributed by atoms with van der Waals surface area (Å²) in [5, 5.41) is 8.66. The summed E-state index contributed by atoms with van der Waals surface area (Å²) in [6.07, 6.45) is 10.1. The minimum Gasteiger partial charge on any atom is -0.481 e. The van der Waals surface area contributed by atoms with Gasteiger partial charge >= 0.3 is 5.97 Å². The van der Waals surface area contributed by atoms with Gasteiger partial charge in [0.1, 0.15) is 0 Å². The third-order valence-corrected chi connectivity index (χ3v) is 6.74. The number of fused-ring (bicyclic) bond motifs is 1. The molecule has 0 fully saturated rings. The molecule has 3 rings (SSSR count). The highest BCUT2D eigenvalue weighted by molar-refractivity contribution is 7.99. The summed E-state index contributed by atoms with van der Waals surface area (Å²) in [6.45, 7) is 0. The van der Waals surface area contributed by atoms with Crippen molar-refractivity contribution < 1.29 is 19.5 Å². The third-order valence-electron chi connectivity index (χ3n) is 5.52. The van der Waals surface area contributed by atoms with E-state index >= 15 is 0 Å². The van der Waals surface area contributed by atoms with Gasteiger partial charge in [0.15, 0.2) is 11.6 Å². The highest BCUT2D eigenvalue weighted by Crippen LogP contribution is 2.36. The number of Topliss-reactive ketones (excluding diaryl/α,β-unsaturated/α-hetero) is 1. The fourth-order valence-corrected chi connectivity index (χ4v) is 5.30. The maximum atomic E-state index is 12.3. The molecule has 0 radical (unpaired) electrons. The molecule has 2 aliphatic carbocycles. The van der Waals surface area contributed by atoms with Crippen LogP contribution in [-0.4, -0.2) is 28.4 Å². The molecule has 27 heavy (non-hydrogen) atoms. The molecule has 0 aromatic heterocycles. The Morgan fingerprint density at radius 1 is 1.11 bits per heavy atom. The maximum Gasteiger partial charge on any atom is 0.303 e. The van der Waals surface area contributed by atoms with Gasteiger partial charge in [-0.3, -0.25) is 14.4 Å². The summed E-state index contributed by atoms with van der Waals surface area (Å²) in [5.74, 6) is 0.754. The van der Waals surface area contributed by atoms with Gasteiger partial charge in [-0.05, 0) is 42.9 Å². The predicted octanol–water partition coefficient (Wildman–Crippen LogP) is 4.70. The van der Waals surface area contributed by atoms with Crippen LogP contribution in [0.15, 0.2) is 35.2 Å². The number of unbranched alkanes of at least 4 members (excludes halogenated alkanes) is 3. The Balaban J connectivity index is 1.48. The van der Waals surface area contributed by atoms with Crippen molar-refractivity contribution in [3.63, 3.8) is 0 Å². The van der Waals surface area contributed by atoms with Crippen LogP contribution in [0, 0.1) is 11.8 Å². The topological polar surface area (TPSA) is 71.4 Å². The fourth-order valence-electron chi connectivity index (χ4n) is 3.97. The van der Waals surface area contributed by atoms with Gasteiger partial charge in [-0.25, -0.2) is 0 Å². The zero-order chi connectivity index (χ0) is 19.2. The summed E-state index contributed by atoms with van der Waals surface area (Å²) in [6, 6.07) is 5.91. The lowest BCUT2D eigenvalue weighted by atomic mass is 9.91. The number of hydrogen-bond donors (Lipinski definition) is 1. The fraction of sp³-hybridized carbons (Fsp3) is 0.500. The van der Waals surface area contributed by atoms with Crippen molar-refractivity contribution in [3.05, 3.63) is 41.5 Å². The molecule has 2 aliphatic rings. The van der Waals surface area contributed by atoms with Crippen molar-refractivity contribution >= 4 is 29.3 Å². The first-order valence-corrected chi connectivity index (χ1v) is 10.8. The van der Waals surface area contributed by atoms with Crippen LogP contribution in [0.5, 0.6) is 0 Å². The zero-order valence-electron chi connectivity index (χ0n) is 15.5. The first-order valence-electron chi connectivity index (χ1n) is 9.78. The van der Waals surface area contributed by atoms with E-state index in [1.165, 1.54) is 0 Å². The van der Waals surface area contributed by atoms with E-state index in [9.17, 15) is 14.4 Å². The van der Waals surface area contributed by atoms with Crippen LogP contribution in [-0.2, 0) is 16.0 Å². The standard InChI is InChI=1S/C22H26O4S/c23-19-13-11-17-16(19)7-5-8-21(17)27-14-18-15(10-12-20(18)24)6-3-1-2-4-9-22(25)26/h5,7-8,10,12,15,18H,1-4,6,9,11,13-14H2,(H,25,26)/t15-,18+/m0/s1. The van der Waals surface area contributed by atoms with Gasteiger partial charge in [0.05, 0.1) is 0 Å². The van der Waals surface area contributed by atoms with Gasteiger partial charge in [0.2, 0.25) is 0 Å². The molecular weight excluding hydrogens is 360 g/mol. The Morgan fingerprint density at radius 3 is 2.74 bits per heavy atom. The Kier molecular flexibility index (Phi) is 6.89. The number of hydrogen-bond acceptors (Lipinski definition) is 4. The smallest absolute Gasteiger partial charge is 0.303 e. The number of aliphatic carboxylic acids is 1. The molecule has 5 heteroatoms. The first-order chi connectivity index (χ1) is 13.1. The minimum atomic E-state index is -0.731. The third kappa shape index (κ3) is 5.10. The van der Waals surface area contributed by atoms with Crippen LogP contribution in [0.1, 0.15) is 60.9 Å². The van der Waals surface area contributed by atoms with E-state index in [0.717, 1.165) is 60.3 Å². The number of benzene rings is 1. The molecule has 0 heterocycles. The molecule has 1 aromatic rings. The van der Waals surface area contributed by atoms with Crippen LogP contribution in [0.25, 0.3) is 0 Å². The second kappa shape index (κ2) is 9.36. The molecular formula is C22H26O4S. The van der Waals surface area contributed by atoms with E-state index in [2.05, 4.69) is 6.07 Å². The van der Waals surface area contributed by atoms with Gasteiger partial charge in [-0.1, -0.05) is 37.5 Å². The molecule has 1 aromatic carbocycles. The van der Waals surface area contributed by atoms with Crippen molar-refractivity contribution in [2.24, 2.45) is 11.8 Å². The summed E-state index contributed by atoms with van der Waals surface area (Å²) < 4.78 is 0. The number of carboxylic acids is 1. The van der Waals surface area contributed by atoms with Crippen molar-refractivity contribution in [1.82, 2.24) is 0 Å². The molecule has 0 bridgehead atoms. The molecule has 0 amide bonds. The first kappa shape index (κ1) is 19.9. The summed E-state index contributed by atoms with van der Waals surface area (Å²) in [5.41, 5.74) is 2.01. The number of carboxylic acid groups (broad SMARTS) is 1. The molecule has 2 atom stereocenters. The number of carbonyl (C=O) groups is 3. The molecule has 0 saturated carbocycles. The lowest BCUT2D eigenvalue weighted by molar-refractivity contribution is -0.137. The van der Waals surface area contributed by atoms with Gasteiger partial charge in [0.25, 0.3) is 0 Å². The largest absolute Gasteiger partial charge is 0.481 e. The van der Waals surface area contributed by atoms with E-state index in [-0.39, 0.29) is 29.8 Å². The van der Waals surface area contributed by atoms with Crippen molar-refractivity contribution in [2.75, 3.05) is 5.75 Å². The van der Waals surface area contributed by atoms with Gasteiger partial charge < -0.3 is 5.11 Å². The SMILES string of the molecule is O=C(O)CCCCCC[C@H]1C=CC(=O)[C@@H]1CSc1cccc2c1CCC2=O. The number of thioether (sulfide) groups is 1. The lowest BCUT2D eigenvalue weighted by Gasteiger charge is -2.18. The molecule has 144 valence electrons. The van der Waals surface area contributed by atoms with Crippen LogP contribution < -0.4 is 0 Å². The Morgan fingerprint density at radius 2 is 1.93 bits per heavy atom. The number of carbonyl (C=O) groups excluding carboxylic acids is 2. The van der Waals surface area contributed by atoms with E-state index in [4.69, 9.17) is 5.11 Å². The predicted molar refractivity (Wildman–Crippen MR) is 106 cm³/mol. The lowest BCUT2D eigenvalue weighted by Crippen LogP contribution is -2.18. The second-order valence-electron chi connectivity index (χ2n) is 7.39. The highest BCUT2D eigenvalue weighted by Gasteiger charge is 2.30. The van der Waals surface area contributed by atoms with Gasteiger partial charge in [-0.2, -0.15) is 0 Å². The quantitative estimate of drug-likeness (QED) is 0.466. The van der Waals surface area contributed by atoms with Crippen LogP contribution in [0.3, 0.4) is 0 Å². The van der Waals surface area contributed by atoms with Crippen molar-refractivity contribution in [2.45, 2.75) is 56.3 Å². The van der Waals surface area contributed by atoms with Gasteiger partial charge in [0, 0.05) is 35.0 Å². The monoisotopic (exact) mass is 386 g/mol. The average molecular weight is 387 g/mol. The van der Waals surface area contributed by atoms with Gasteiger partial charge in [-0.15, -0.1) is 11.8 Å².